The third-order valence-corrected chi connectivity index (χ3v) is 7.49. The summed E-state index contributed by atoms with van der Waals surface area (Å²) in [6, 6.07) is 0. The summed E-state index contributed by atoms with van der Waals surface area (Å²) in [4.78, 5) is 23.9. The molecule has 1 unspecified atom stereocenters. The molecular weight excluding hydrogens is 236 g/mol. The lowest BCUT2D eigenvalue weighted by Gasteiger charge is -2.36. The summed E-state index contributed by atoms with van der Waals surface area (Å²) >= 11 is 0. The lowest BCUT2D eigenvalue weighted by molar-refractivity contribution is -0.127. The molecule has 5 heteroatoms. The van der Waals surface area contributed by atoms with E-state index in [0.717, 1.165) is 6.42 Å². The van der Waals surface area contributed by atoms with Gasteiger partial charge in [0.15, 0.2) is 0 Å². The van der Waals surface area contributed by atoms with Crippen LogP contribution in [0.2, 0.25) is 11.1 Å². The van der Waals surface area contributed by atoms with E-state index >= 15 is 0 Å². The zero-order chi connectivity index (χ0) is 13.6. The Bertz CT molecular complexity index is 272. The summed E-state index contributed by atoms with van der Waals surface area (Å²) in [5.74, 6) is -0.198. The van der Waals surface area contributed by atoms with Crippen LogP contribution in [0.3, 0.4) is 0 Å². The van der Waals surface area contributed by atoms with Gasteiger partial charge in [-0.1, -0.05) is 20.8 Å². The Morgan fingerprint density at radius 2 is 1.65 bits per heavy atom. The van der Waals surface area contributed by atoms with E-state index in [1.165, 1.54) is 21.1 Å². The average Bonchev–Trinajstić information content (AvgIpc) is 2.24. The highest BCUT2D eigenvalue weighted by atomic mass is 28.4. The Morgan fingerprint density at radius 3 is 1.88 bits per heavy atom. The fourth-order valence-corrected chi connectivity index (χ4v) is 5.66. The number of hydrogen-bond acceptors (Lipinski definition) is 4. The second kappa shape index (κ2) is 7.03. The summed E-state index contributed by atoms with van der Waals surface area (Å²) in [6.07, 6.45) is 1.14. The van der Waals surface area contributed by atoms with Crippen molar-refractivity contribution in [1.82, 2.24) is 0 Å². The molecular formula is C12H24O4Si. The van der Waals surface area contributed by atoms with Crippen LogP contribution in [-0.2, 0) is 18.4 Å². The topological polar surface area (TPSA) is 52.6 Å². The third kappa shape index (κ3) is 3.47. The van der Waals surface area contributed by atoms with Gasteiger partial charge in [0.1, 0.15) is 17.1 Å². The number of ketones is 2. The SMILES string of the molecule is CCCC(=O)C(C(C)=O)[Si](OC)(OC)C(C)C. The number of Topliss-reactive ketones (excluding diaryl/α,β-unsaturated/α-hetero) is 2. The van der Waals surface area contributed by atoms with Crippen molar-refractivity contribution < 1.29 is 18.4 Å². The molecule has 0 bridgehead atoms. The van der Waals surface area contributed by atoms with Gasteiger partial charge in [0.25, 0.3) is 0 Å². The molecule has 4 nitrogen and oxygen atoms in total. The quantitative estimate of drug-likeness (QED) is 0.497. The van der Waals surface area contributed by atoms with E-state index in [-0.39, 0.29) is 17.1 Å². The summed E-state index contributed by atoms with van der Waals surface area (Å²) in [7, 11) is 0.253. The summed E-state index contributed by atoms with van der Waals surface area (Å²) in [5, 5.41) is 0. The standard InChI is InChI=1S/C12H24O4Si/c1-7-8-11(14)12(10(4)13)17(15-5,16-6)9(2)3/h9,12H,7-8H2,1-6H3. The molecule has 1 atom stereocenters. The molecule has 0 aliphatic heterocycles. The molecule has 0 fully saturated rings. The Morgan fingerprint density at radius 1 is 1.18 bits per heavy atom. The molecule has 100 valence electrons. The van der Waals surface area contributed by atoms with E-state index in [4.69, 9.17) is 8.85 Å². The van der Waals surface area contributed by atoms with E-state index in [1.54, 1.807) is 0 Å². The lowest BCUT2D eigenvalue weighted by atomic mass is 10.1. The zero-order valence-electron chi connectivity index (χ0n) is 11.7. The molecule has 0 spiro atoms. The van der Waals surface area contributed by atoms with E-state index < -0.39 is 14.1 Å². The van der Waals surface area contributed by atoms with E-state index in [9.17, 15) is 9.59 Å². The maximum atomic E-state index is 12.1. The second-order valence-corrected chi connectivity index (χ2v) is 8.54. The van der Waals surface area contributed by atoms with Gasteiger partial charge in [-0.15, -0.1) is 0 Å². The first kappa shape index (κ1) is 16.5. The second-order valence-electron chi connectivity index (χ2n) is 4.54. The first-order valence-electron chi connectivity index (χ1n) is 6.00. The van der Waals surface area contributed by atoms with E-state index in [1.807, 2.05) is 20.8 Å². The Labute approximate surface area is 105 Å². The highest BCUT2D eigenvalue weighted by Gasteiger charge is 2.53. The molecule has 0 aromatic rings. The minimum absolute atomic E-state index is 0.0483. The fraction of sp³-hybridized carbons (Fsp3) is 0.833. The van der Waals surface area contributed by atoms with Crippen LogP contribution in [0.1, 0.15) is 40.5 Å². The van der Waals surface area contributed by atoms with Gasteiger partial charge in [-0.3, -0.25) is 9.59 Å². The van der Waals surface area contributed by atoms with Crippen molar-refractivity contribution in [3.63, 3.8) is 0 Å². The van der Waals surface area contributed by atoms with Gasteiger partial charge < -0.3 is 8.85 Å². The maximum Gasteiger partial charge on any atom is 0.358 e. The van der Waals surface area contributed by atoms with Gasteiger partial charge in [0.05, 0.1) is 0 Å². The van der Waals surface area contributed by atoms with Crippen molar-refractivity contribution in [3.8, 4) is 0 Å². The van der Waals surface area contributed by atoms with Crippen LogP contribution in [0.5, 0.6) is 0 Å². The van der Waals surface area contributed by atoms with Crippen molar-refractivity contribution in [2.24, 2.45) is 0 Å². The van der Waals surface area contributed by atoms with E-state index in [0.29, 0.717) is 6.42 Å². The lowest BCUT2D eigenvalue weighted by Crippen LogP contribution is -2.53. The van der Waals surface area contributed by atoms with Crippen LogP contribution in [0.25, 0.3) is 0 Å². The summed E-state index contributed by atoms with van der Waals surface area (Å²) in [5.41, 5.74) is -0.662. The van der Waals surface area contributed by atoms with Crippen molar-refractivity contribution in [1.29, 1.82) is 0 Å². The molecule has 0 aliphatic carbocycles. The Balaban J connectivity index is 5.39. The van der Waals surface area contributed by atoms with Gasteiger partial charge in [-0.05, 0) is 18.9 Å². The molecule has 0 radical (unpaired) electrons. The van der Waals surface area contributed by atoms with Crippen LogP contribution in [0, 0.1) is 0 Å². The van der Waals surface area contributed by atoms with Crippen molar-refractivity contribution in [2.75, 3.05) is 14.2 Å². The predicted molar refractivity (Wildman–Crippen MR) is 69.2 cm³/mol. The third-order valence-electron chi connectivity index (χ3n) is 3.07. The van der Waals surface area contributed by atoms with Crippen LogP contribution in [-0.4, -0.2) is 34.3 Å². The van der Waals surface area contributed by atoms with E-state index in [2.05, 4.69) is 0 Å². The predicted octanol–water partition coefficient (Wildman–Crippen LogP) is 2.46. The first-order chi connectivity index (χ1) is 7.87. The largest absolute Gasteiger partial charge is 0.397 e. The molecule has 0 amide bonds. The first-order valence-corrected chi connectivity index (χ1v) is 7.97. The highest BCUT2D eigenvalue weighted by Crippen LogP contribution is 2.36. The monoisotopic (exact) mass is 260 g/mol. The fourth-order valence-electron chi connectivity index (χ4n) is 2.25. The van der Waals surface area contributed by atoms with Gasteiger partial charge in [0, 0.05) is 20.6 Å². The van der Waals surface area contributed by atoms with Crippen LogP contribution in [0.4, 0.5) is 0 Å². The number of carbonyl (C=O) groups excluding carboxylic acids is 2. The molecule has 0 aromatic carbocycles. The minimum atomic E-state index is -2.81. The number of rotatable bonds is 8. The van der Waals surface area contributed by atoms with Crippen LogP contribution >= 0.6 is 0 Å². The van der Waals surface area contributed by atoms with Crippen LogP contribution in [0.15, 0.2) is 0 Å². The molecule has 17 heavy (non-hydrogen) atoms. The normalized spacial score (nSPS) is 13.8. The molecule has 0 saturated heterocycles. The minimum Gasteiger partial charge on any atom is -0.397 e. The molecule has 0 aliphatic rings. The maximum absolute atomic E-state index is 12.1. The summed E-state index contributed by atoms with van der Waals surface area (Å²) < 4.78 is 11.0. The number of carbonyl (C=O) groups is 2. The molecule has 0 rings (SSSR count). The van der Waals surface area contributed by atoms with Crippen LogP contribution < -0.4 is 0 Å². The summed E-state index contributed by atoms with van der Waals surface area (Å²) in [6.45, 7) is 7.25. The molecule has 0 saturated carbocycles. The average molecular weight is 260 g/mol. The Hall–Kier alpha value is -0.523. The number of hydrogen-bond donors (Lipinski definition) is 0. The smallest absolute Gasteiger partial charge is 0.358 e. The van der Waals surface area contributed by atoms with Crippen molar-refractivity contribution >= 4 is 20.1 Å². The van der Waals surface area contributed by atoms with Gasteiger partial charge in [-0.2, -0.15) is 0 Å². The molecule has 0 aromatic heterocycles. The Kier molecular flexibility index (Phi) is 6.82. The van der Waals surface area contributed by atoms with Crippen molar-refractivity contribution in [2.45, 2.75) is 51.6 Å². The van der Waals surface area contributed by atoms with Gasteiger partial charge >= 0.3 is 8.56 Å². The molecule has 0 heterocycles. The van der Waals surface area contributed by atoms with Crippen molar-refractivity contribution in [3.05, 3.63) is 0 Å². The van der Waals surface area contributed by atoms with Gasteiger partial charge in [0.2, 0.25) is 0 Å². The molecule has 0 N–H and O–H groups in total. The van der Waals surface area contributed by atoms with Gasteiger partial charge in [-0.25, -0.2) is 0 Å². The zero-order valence-corrected chi connectivity index (χ0v) is 12.7. The highest BCUT2D eigenvalue weighted by molar-refractivity contribution is 6.77.